The summed E-state index contributed by atoms with van der Waals surface area (Å²) >= 11 is 0. The standard InChI is InChI=1S/C32H51N6O11P/c1-8-12-16-44-30(41)20(5)36-50(43,37-21(6)31(42)45-17-13-9-2)46-18-32(7)28(48-25(40)11-4)27(47-24(39)10-3)26(49-32)22-14-15-23-29(33)34-19-35-38(22)23/h14-15,19-21,26-28H,8-13,16-18H2,1-7H3,(H2,33,34,35)(H2,36,37,43)/t20-,21-,26-,27-,28-,32+/m0/s1. The minimum Gasteiger partial charge on any atom is -0.465 e. The van der Waals surface area contributed by atoms with Crippen molar-refractivity contribution in [2.45, 2.75) is 123 Å². The maximum absolute atomic E-state index is 14.5. The fourth-order valence-corrected chi connectivity index (χ4v) is 6.96. The molecular weight excluding hydrogens is 675 g/mol. The van der Waals surface area contributed by atoms with Crippen LogP contribution in [0.25, 0.3) is 5.52 Å². The summed E-state index contributed by atoms with van der Waals surface area (Å²) in [6.45, 7) is 11.3. The zero-order chi connectivity index (χ0) is 37.1. The first-order chi connectivity index (χ1) is 23.7. The van der Waals surface area contributed by atoms with Gasteiger partial charge >= 0.3 is 31.5 Å². The number of nitrogens with two attached hydrogens (primary N) is 1. The van der Waals surface area contributed by atoms with Crippen LogP contribution in [0.5, 0.6) is 0 Å². The highest BCUT2D eigenvalue weighted by molar-refractivity contribution is 7.54. The number of nitrogens with zero attached hydrogens (tertiary/aromatic N) is 3. The molecule has 0 aromatic carbocycles. The van der Waals surface area contributed by atoms with Gasteiger partial charge in [-0.25, -0.2) is 19.7 Å². The predicted molar refractivity (Wildman–Crippen MR) is 180 cm³/mol. The zero-order valence-corrected chi connectivity index (χ0v) is 30.7. The summed E-state index contributed by atoms with van der Waals surface area (Å²) in [5.41, 5.74) is 5.29. The molecule has 2 aromatic rings. The van der Waals surface area contributed by atoms with E-state index in [-0.39, 0.29) is 31.9 Å². The van der Waals surface area contributed by atoms with Gasteiger partial charge in [0, 0.05) is 12.8 Å². The first kappa shape index (κ1) is 40.8. The molecule has 1 aliphatic heterocycles. The van der Waals surface area contributed by atoms with Crippen LogP contribution >= 0.6 is 7.67 Å². The molecule has 0 amide bonds. The normalized spacial score (nSPS) is 21.8. The number of fused-ring (bicyclic) bond motifs is 1. The van der Waals surface area contributed by atoms with Crippen molar-refractivity contribution in [2.24, 2.45) is 0 Å². The number of aromatic nitrogens is 3. The van der Waals surface area contributed by atoms with Crippen molar-refractivity contribution < 1.29 is 52.0 Å². The number of carbonyl (C=O) groups is 4. The maximum Gasteiger partial charge on any atom is 0.342 e. The van der Waals surface area contributed by atoms with E-state index in [2.05, 4.69) is 20.3 Å². The third-order valence-corrected chi connectivity index (χ3v) is 9.90. The fraction of sp³-hybridized carbons (Fsp3) is 0.688. The summed E-state index contributed by atoms with van der Waals surface area (Å²) < 4.78 is 50.7. The number of hydrogen-bond acceptors (Lipinski definition) is 14. The van der Waals surface area contributed by atoms with E-state index in [1.54, 1.807) is 32.9 Å². The molecule has 3 heterocycles. The summed E-state index contributed by atoms with van der Waals surface area (Å²) in [5, 5.41) is 9.60. The van der Waals surface area contributed by atoms with Gasteiger partial charge in [0.25, 0.3) is 0 Å². The van der Waals surface area contributed by atoms with Gasteiger partial charge in [0.15, 0.2) is 18.0 Å². The lowest BCUT2D eigenvalue weighted by atomic mass is 9.96. The molecule has 17 nitrogen and oxygen atoms in total. The molecular formula is C32H51N6O11P. The molecule has 6 atom stereocenters. The van der Waals surface area contributed by atoms with E-state index in [4.69, 9.17) is 33.9 Å². The molecule has 4 N–H and O–H groups in total. The van der Waals surface area contributed by atoms with Gasteiger partial charge in [0.1, 0.15) is 35.6 Å². The molecule has 0 aliphatic carbocycles. The lowest BCUT2D eigenvalue weighted by Gasteiger charge is -2.33. The number of unbranched alkanes of at least 4 members (excludes halogenated alkanes) is 2. The molecule has 1 aliphatic rings. The van der Waals surface area contributed by atoms with Crippen molar-refractivity contribution in [1.29, 1.82) is 0 Å². The van der Waals surface area contributed by atoms with Gasteiger partial charge in [-0.2, -0.15) is 5.10 Å². The number of esters is 4. The SMILES string of the molecule is CCCCOC(=O)[C@H](C)NP(=O)(N[C@@H](C)C(=O)OCCCC)OC[C@@]1(C)O[C@@H](c2ccc3c(N)ncnn23)[C@H](OC(=O)CC)[C@@H]1OC(=O)CC. The Morgan fingerprint density at radius 2 is 1.52 bits per heavy atom. The van der Waals surface area contributed by atoms with Gasteiger partial charge in [-0.1, -0.05) is 40.5 Å². The highest BCUT2D eigenvalue weighted by Gasteiger charge is 2.59. The largest absolute Gasteiger partial charge is 0.465 e. The molecule has 0 unspecified atom stereocenters. The molecule has 2 aromatic heterocycles. The van der Waals surface area contributed by atoms with E-state index in [0.717, 1.165) is 12.8 Å². The Hall–Kier alpha value is -3.63. The smallest absolute Gasteiger partial charge is 0.342 e. The van der Waals surface area contributed by atoms with Crippen LogP contribution in [-0.2, 0) is 52.0 Å². The number of nitrogens with one attached hydrogen (secondary N) is 2. The van der Waals surface area contributed by atoms with E-state index in [1.165, 1.54) is 24.7 Å². The van der Waals surface area contributed by atoms with E-state index >= 15 is 0 Å². The molecule has 3 rings (SSSR count). The van der Waals surface area contributed by atoms with Crippen molar-refractivity contribution in [3.8, 4) is 0 Å². The van der Waals surface area contributed by atoms with Crippen LogP contribution in [-0.4, -0.2) is 88.2 Å². The third kappa shape index (κ3) is 10.4. The molecule has 0 radical (unpaired) electrons. The predicted octanol–water partition coefficient (Wildman–Crippen LogP) is 3.55. The zero-order valence-electron chi connectivity index (χ0n) is 29.8. The summed E-state index contributed by atoms with van der Waals surface area (Å²) in [5.74, 6) is -2.40. The second kappa shape index (κ2) is 18.6. The Morgan fingerprint density at radius 1 is 0.960 bits per heavy atom. The second-order valence-corrected chi connectivity index (χ2v) is 14.1. The fourth-order valence-electron chi connectivity index (χ4n) is 5.07. The van der Waals surface area contributed by atoms with Crippen LogP contribution < -0.4 is 15.9 Å². The number of carbonyl (C=O) groups excluding carboxylic acids is 4. The molecule has 1 saturated heterocycles. The van der Waals surface area contributed by atoms with Gasteiger partial charge in [0.2, 0.25) is 0 Å². The molecule has 0 saturated carbocycles. The molecule has 280 valence electrons. The van der Waals surface area contributed by atoms with Crippen LogP contribution in [0.15, 0.2) is 18.5 Å². The Balaban J connectivity index is 2.00. The molecule has 50 heavy (non-hydrogen) atoms. The van der Waals surface area contributed by atoms with E-state index in [0.29, 0.717) is 24.1 Å². The van der Waals surface area contributed by atoms with E-state index in [1.807, 2.05) is 13.8 Å². The molecule has 18 heteroatoms. The number of hydrogen-bond donors (Lipinski definition) is 3. The summed E-state index contributed by atoms with van der Waals surface area (Å²) in [7, 11) is -4.33. The van der Waals surface area contributed by atoms with Crippen LogP contribution in [0.4, 0.5) is 5.82 Å². The number of ether oxygens (including phenoxy) is 5. The monoisotopic (exact) mass is 726 g/mol. The number of nitrogen functional groups attached to an aromatic ring is 1. The number of anilines is 1. The van der Waals surface area contributed by atoms with Crippen molar-refractivity contribution in [1.82, 2.24) is 24.8 Å². The van der Waals surface area contributed by atoms with Gasteiger partial charge in [-0.15, -0.1) is 0 Å². The highest BCUT2D eigenvalue weighted by Crippen LogP contribution is 2.48. The minimum absolute atomic E-state index is 0.0103. The Morgan fingerprint density at radius 3 is 2.06 bits per heavy atom. The first-order valence-corrected chi connectivity index (χ1v) is 18.6. The minimum atomic E-state index is -4.33. The first-order valence-electron chi connectivity index (χ1n) is 17.0. The quantitative estimate of drug-likeness (QED) is 0.0768. The molecule has 0 spiro atoms. The second-order valence-electron chi connectivity index (χ2n) is 12.2. The lowest BCUT2D eigenvalue weighted by molar-refractivity contribution is -0.171. The maximum atomic E-state index is 14.5. The van der Waals surface area contributed by atoms with Crippen molar-refractivity contribution >= 4 is 42.9 Å². The van der Waals surface area contributed by atoms with Gasteiger partial charge in [-0.05, 0) is 45.7 Å². The highest BCUT2D eigenvalue weighted by atomic mass is 31.2. The van der Waals surface area contributed by atoms with Gasteiger partial charge in [0.05, 0.1) is 25.5 Å². The van der Waals surface area contributed by atoms with Crippen LogP contribution in [0.3, 0.4) is 0 Å². The van der Waals surface area contributed by atoms with Crippen molar-refractivity contribution in [3.05, 3.63) is 24.2 Å². The van der Waals surface area contributed by atoms with Crippen LogP contribution in [0.1, 0.15) is 98.8 Å². The Bertz CT molecular complexity index is 1490. The third-order valence-electron chi connectivity index (χ3n) is 7.95. The summed E-state index contributed by atoms with van der Waals surface area (Å²) in [4.78, 5) is 55.1. The van der Waals surface area contributed by atoms with Gasteiger partial charge in [-0.3, -0.25) is 23.7 Å². The number of rotatable bonds is 20. The average molecular weight is 727 g/mol. The Labute approximate surface area is 292 Å². The van der Waals surface area contributed by atoms with Gasteiger partial charge < -0.3 is 33.9 Å². The Kier molecular flexibility index (Phi) is 15.1. The van der Waals surface area contributed by atoms with Crippen molar-refractivity contribution in [2.75, 3.05) is 25.6 Å². The summed E-state index contributed by atoms with van der Waals surface area (Å²) in [6.07, 6.45) is 0.562. The molecule has 1 fully saturated rings. The van der Waals surface area contributed by atoms with E-state index < -0.39 is 74.2 Å². The summed E-state index contributed by atoms with van der Waals surface area (Å²) in [6, 6.07) is 1.05. The average Bonchev–Trinajstić information content (AvgIpc) is 3.63. The van der Waals surface area contributed by atoms with Crippen molar-refractivity contribution in [3.63, 3.8) is 0 Å². The van der Waals surface area contributed by atoms with Crippen LogP contribution in [0.2, 0.25) is 0 Å². The van der Waals surface area contributed by atoms with Crippen LogP contribution in [0, 0.1) is 0 Å². The van der Waals surface area contributed by atoms with E-state index in [9.17, 15) is 23.7 Å². The lowest BCUT2D eigenvalue weighted by Crippen LogP contribution is -2.49. The topological polar surface area (TPSA) is 221 Å². The molecule has 0 bridgehead atoms.